The number of esters is 1. The molecule has 230 valence electrons. The van der Waals surface area contributed by atoms with Gasteiger partial charge in [0.15, 0.2) is 6.04 Å². The topological polar surface area (TPSA) is 104 Å². The Bertz CT molecular complexity index is 1120. The first-order valence-electron chi connectivity index (χ1n) is 14.2. The van der Waals surface area contributed by atoms with Gasteiger partial charge in [-0.2, -0.15) is 0 Å². The van der Waals surface area contributed by atoms with Gasteiger partial charge in [-0.05, 0) is 62.3 Å². The van der Waals surface area contributed by atoms with Crippen molar-refractivity contribution >= 4 is 23.9 Å². The highest BCUT2D eigenvalue weighted by Gasteiger charge is 2.31. The standard InChI is InChI=1S/C33H46N2O7/c1-31(2,3)40-28(36)26(34-27(24-16-12-10-13-17-24)25-18-14-11-15-19-25)20-22-39-23-21-35(29(37)41-32(4,5)6)30(38)42-33(7,8)9/h10-19,26H,20-23H2,1-9H3. The maximum absolute atomic E-state index is 13.3. The van der Waals surface area contributed by atoms with Gasteiger partial charge in [0.1, 0.15) is 16.8 Å². The van der Waals surface area contributed by atoms with Gasteiger partial charge in [-0.3, -0.25) is 4.99 Å². The van der Waals surface area contributed by atoms with Gasteiger partial charge in [0.05, 0.1) is 18.9 Å². The molecule has 0 heterocycles. The van der Waals surface area contributed by atoms with Crippen LogP contribution in [0.1, 0.15) is 79.9 Å². The van der Waals surface area contributed by atoms with E-state index in [1.54, 1.807) is 62.3 Å². The van der Waals surface area contributed by atoms with Gasteiger partial charge in [-0.25, -0.2) is 19.3 Å². The predicted octanol–water partition coefficient (Wildman–Crippen LogP) is 6.81. The zero-order valence-corrected chi connectivity index (χ0v) is 26.4. The lowest BCUT2D eigenvalue weighted by molar-refractivity contribution is -0.156. The highest BCUT2D eigenvalue weighted by atomic mass is 16.6. The van der Waals surface area contributed by atoms with Crippen molar-refractivity contribution in [2.75, 3.05) is 19.8 Å². The zero-order chi connectivity index (χ0) is 31.6. The molecule has 42 heavy (non-hydrogen) atoms. The summed E-state index contributed by atoms with van der Waals surface area (Å²) in [7, 11) is 0. The average Bonchev–Trinajstić information content (AvgIpc) is 2.85. The van der Waals surface area contributed by atoms with E-state index in [4.69, 9.17) is 23.9 Å². The van der Waals surface area contributed by atoms with Crippen molar-refractivity contribution < 1.29 is 33.3 Å². The lowest BCUT2D eigenvalue weighted by Crippen LogP contribution is -2.45. The summed E-state index contributed by atoms with van der Waals surface area (Å²) in [6.45, 7) is 15.7. The normalized spacial score (nSPS) is 12.6. The first-order chi connectivity index (χ1) is 19.5. The summed E-state index contributed by atoms with van der Waals surface area (Å²) in [5.74, 6) is -0.473. The predicted molar refractivity (Wildman–Crippen MR) is 163 cm³/mol. The SMILES string of the molecule is CC(C)(C)OC(=O)C(CCOCCN(C(=O)OC(C)(C)C)C(=O)OC(C)(C)C)N=C(c1ccccc1)c1ccccc1. The molecule has 0 fully saturated rings. The van der Waals surface area contributed by atoms with E-state index in [0.29, 0.717) is 5.71 Å². The van der Waals surface area contributed by atoms with E-state index < -0.39 is 41.0 Å². The minimum atomic E-state index is -0.854. The molecule has 0 N–H and O–H groups in total. The summed E-state index contributed by atoms with van der Waals surface area (Å²) < 4.78 is 22.3. The van der Waals surface area contributed by atoms with Gasteiger partial charge >= 0.3 is 18.2 Å². The van der Waals surface area contributed by atoms with Crippen LogP contribution in [0.3, 0.4) is 0 Å². The molecule has 9 heteroatoms. The Hall–Kier alpha value is -3.72. The second-order valence-electron chi connectivity index (χ2n) is 12.8. The smallest absolute Gasteiger partial charge is 0.419 e. The Kier molecular flexibility index (Phi) is 12.3. The summed E-state index contributed by atoms with van der Waals surface area (Å²) in [5.41, 5.74) is 0.0883. The Morgan fingerprint density at radius 1 is 0.667 bits per heavy atom. The number of hydrogen-bond donors (Lipinski definition) is 0. The highest BCUT2D eigenvalue weighted by molar-refractivity contribution is 6.13. The summed E-state index contributed by atoms with van der Waals surface area (Å²) in [6.07, 6.45) is -1.43. The molecule has 9 nitrogen and oxygen atoms in total. The number of carbonyl (C=O) groups excluding carboxylic acids is 3. The van der Waals surface area contributed by atoms with Gasteiger partial charge in [-0.1, -0.05) is 60.7 Å². The molecule has 2 aromatic carbocycles. The molecule has 2 rings (SSSR count). The molecule has 1 unspecified atom stereocenters. The summed E-state index contributed by atoms with van der Waals surface area (Å²) in [6, 6.07) is 18.4. The van der Waals surface area contributed by atoms with Crippen molar-refractivity contribution in [1.82, 2.24) is 4.90 Å². The fourth-order valence-corrected chi connectivity index (χ4v) is 3.61. The molecule has 2 amide bonds. The van der Waals surface area contributed by atoms with Crippen molar-refractivity contribution in [2.24, 2.45) is 4.99 Å². The fraction of sp³-hybridized carbons (Fsp3) is 0.515. The molecule has 0 aromatic heterocycles. The van der Waals surface area contributed by atoms with Gasteiger partial charge in [-0.15, -0.1) is 0 Å². The van der Waals surface area contributed by atoms with E-state index in [1.807, 2.05) is 60.7 Å². The monoisotopic (exact) mass is 582 g/mol. The van der Waals surface area contributed by atoms with Crippen LogP contribution in [-0.4, -0.2) is 71.4 Å². The Balaban J connectivity index is 2.21. The van der Waals surface area contributed by atoms with Crippen LogP contribution in [0.5, 0.6) is 0 Å². The fourth-order valence-electron chi connectivity index (χ4n) is 3.61. The van der Waals surface area contributed by atoms with E-state index in [1.165, 1.54) is 0 Å². The van der Waals surface area contributed by atoms with Crippen LogP contribution < -0.4 is 0 Å². The van der Waals surface area contributed by atoms with Gasteiger partial charge in [0, 0.05) is 24.2 Å². The Morgan fingerprint density at radius 2 is 1.10 bits per heavy atom. The van der Waals surface area contributed by atoms with Crippen LogP contribution in [0.4, 0.5) is 9.59 Å². The number of nitrogens with zero attached hydrogens (tertiary/aromatic N) is 2. The zero-order valence-electron chi connectivity index (χ0n) is 26.4. The quantitative estimate of drug-likeness (QED) is 0.131. The van der Waals surface area contributed by atoms with Crippen molar-refractivity contribution in [1.29, 1.82) is 0 Å². The molecule has 0 bridgehead atoms. The molecular formula is C33H46N2O7. The molecule has 0 aliphatic carbocycles. The van der Waals surface area contributed by atoms with E-state index in [-0.39, 0.29) is 26.2 Å². The molecular weight excluding hydrogens is 536 g/mol. The third kappa shape index (κ3) is 12.9. The lowest BCUT2D eigenvalue weighted by Gasteiger charge is -2.28. The number of carbonyl (C=O) groups is 3. The van der Waals surface area contributed by atoms with Crippen LogP contribution in [0.2, 0.25) is 0 Å². The van der Waals surface area contributed by atoms with Gasteiger partial charge in [0.2, 0.25) is 0 Å². The molecule has 0 spiro atoms. The van der Waals surface area contributed by atoms with Crippen molar-refractivity contribution in [3.05, 3.63) is 71.8 Å². The van der Waals surface area contributed by atoms with Crippen LogP contribution in [0.25, 0.3) is 0 Å². The lowest BCUT2D eigenvalue weighted by atomic mass is 10.0. The Morgan fingerprint density at radius 3 is 1.50 bits per heavy atom. The number of rotatable bonds is 10. The largest absolute Gasteiger partial charge is 0.458 e. The van der Waals surface area contributed by atoms with E-state index in [0.717, 1.165) is 16.0 Å². The van der Waals surface area contributed by atoms with Crippen LogP contribution in [0, 0.1) is 0 Å². The van der Waals surface area contributed by atoms with Gasteiger partial charge < -0.3 is 18.9 Å². The number of imide groups is 1. The molecule has 0 aliphatic heterocycles. The molecule has 0 radical (unpaired) electrons. The maximum atomic E-state index is 13.3. The third-order valence-corrected chi connectivity index (χ3v) is 5.28. The van der Waals surface area contributed by atoms with E-state index in [9.17, 15) is 14.4 Å². The minimum Gasteiger partial charge on any atom is -0.458 e. The van der Waals surface area contributed by atoms with Crippen LogP contribution in [-0.2, 0) is 23.7 Å². The van der Waals surface area contributed by atoms with E-state index in [2.05, 4.69) is 0 Å². The number of aliphatic imine (C=N–C) groups is 1. The van der Waals surface area contributed by atoms with Crippen molar-refractivity contribution in [2.45, 2.75) is 91.6 Å². The summed E-state index contributed by atoms with van der Waals surface area (Å²) in [5, 5.41) is 0. The van der Waals surface area contributed by atoms with Crippen LogP contribution in [0.15, 0.2) is 65.7 Å². The second kappa shape index (κ2) is 15.0. The van der Waals surface area contributed by atoms with Crippen LogP contribution >= 0.6 is 0 Å². The molecule has 2 aromatic rings. The number of benzene rings is 2. The molecule has 0 aliphatic rings. The Labute approximate surface area is 250 Å². The average molecular weight is 583 g/mol. The van der Waals surface area contributed by atoms with Crippen molar-refractivity contribution in [3.63, 3.8) is 0 Å². The third-order valence-electron chi connectivity index (χ3n) is 5.28. The first kappa shape index (κ1) is 34.5. The first-order valence-corrected chi connectivity index (χ1v) is 14.2. The minimum absolute atomic E-state index is 0.00741. The maximum Gasteiger partial charge on any atom is 0.419 e. The number of ether oxygens (including phenoxy) is 4. The number of hydrogen-bond acceptors (Lipinski definition) is 8. The van der Waals surface area contributed by atoms with Gasteiger partial charge in [0.25, 0.3) is 0 Å². The number of amides is 2. The second-order valence-corrected chi connectivity index (χ2v) is 12.8. The summed E-state index contributed by atoms with van der Waals surface area (Å²) in [4.78, 5) is 44.5. The highest BCUT2D eigenvalue weighted by Crippen LogP contribution is 2.18. The molecule has 0 saturated carbocycles. The molecule has 0 saturated heterocycles. The van der Waals surface area contributed by atoms with Crippen molar-refractivity contribution in [3.8, 4) is 0 Å². The molecule has 1 atom stereocenters. The van der Waals surface area contributed by atoms with E-state index >= 15 is 0 Å². The summed E-state index contributed by atoms with van der Waals surface area (Å²) >= 11 is 0.